The van der Waals surface area contributed by atoms with Gasteiger partial charge in [0.1, 0.15) is 0 Å². The molecule has 1 aliphatic rings. The number of hydrogen-bond donors (Lipinski definition) is 2. The van der Waals surface area contributed by atoms with E-state index < -0.39 is 0 Å². The standard InChI is InChI=1S/C15H29N3O2/c1-11(2)9-13(19)17-7-5-14(20)18-8-6-12(16)15(3,4)10-18/h11-12H,5-10,16H2,1-4H3,(H,17,19). The van der Waals surface area contributed by atoms with Gasteiger partial charge in [-0.15, -0.1) is 0 Å². The minimum absolute atomic E-state index is 0.0220. The van der Waals surface area contributed by atoms with Gasteiger partial charge in [-0.2, -0.15) is 0 Å². The van der Waals surface area contributed by atoms with Crippen LogP contribution in [-0.4, -0.2) is 42.4 Å². The first-order chi connectivity index (χ1) is 9.22. The van der Waals surface area contributed by atoms with Gasteiger partial charge in [-0.1, -0.05) is 27.7 Å². The molecule has 0 spiro atoms. The van der Waals surface area contributed by atoms with Crippen LogP contribution in [0.1, 0.15) is 47.0 Å². The number of amides is 2. The highest BCUT2D eigenvalue weighted by molar-refractivity contribution is 5.79. The third-order valence-corrected chi connectivity index (χ3v) is 3.92. The first kappa shape index (κ1) is 17.0. The maximum Gasteiger partial charge on any atom is 0.224 e. The maximum atomic E-state index is 12.1. The van der Waals surface area contributed by atoms with Crippen molar-refractivity contribution in [3.05, 3.63) is 0 Å². The van der Waals surface area contributed by atoms with Crippen molar-refractivity contribution in [3.8, 4) is 0 Å². The van der Waals surface area contributed by atoms with E-state index in [1.807, 2.05) is 18.7 Å². The van der Waals surface area contributed by atoms with E-state index in [-0.39, 0.29) is 23.3 Å². The fraction of sp³-hybridized carbons (Fsp3) is 0.867. The molecule has 1 rings (SSSR count). The monoisotopic (exact) mass is 283 g/mol. The number of nitrogens with two attached hydrogens (primary N) is 1. The summed E-state index contributed by atoms with van der Waals surface area (Å²) in [4.78, 5) is 25.5. The van der Waals surface area contributed by atoms with Crippen LogP contribution < -0.4 is 11.1 Å². The van der Waals surface area contributed by atoms with E-state index in [0.717, 1.165) is 13.0 Å². The summed E-state index contributed by atoms with van der Waals surface area (Å²) < 4.78 is 0. The molecule has 20 heavy (non-hydrogen) atoms. The second kappa shape index (κ2) is 7.07. The summed E-state index contributed by atoms with van der Waals surface area (Å²) >= 11 is 0. The van der Waals surface area contributed by atoms with Crippen LogP contribution in [0, 0.1) is 11.3 Å². The van der Waals surface area contributed by atoms with Gasteiger partial charge in [-0.25, -0.2) is 0 Å². The molecule has 0 radical (unpaired) electrons. The maximum absolute atomic E-state index is 12.1. The summed E-state index contributed by atoms with van der Waals surface area (Å²) in [5.41, 5.74) is 6.03. The highest BCUT2D eigenvalue weighted by atomic mass is 16.2. The van der Waals surface area contributed by atoms with Crippen molar-refractivity contribution in [2.75, 3.05) is 19.6 Å². The molecular weight excluding hydrogens is 254 g/mol. The second-order valence-corrected chi connectivity index (χ2v) is 6.90. The largest absolute Gasteiger partial charge is 0.356 e. The van der Waals surface area contributed by atoms with Crippen LogP contribution >= 0.6 is 0 Å². The van der Waals surface area contributed by atoms with Gasteiger partial charge in [0.15, 0.2) is 0 Å². The molecule has 0 aromatic heterocycles. The van der Waals surface area contributed by atoms with E-state index in [1.165, 1.54) is 0 Å². The fourth-order valence-corrected chi connectivity index (χ4v) is 2.50. The number of carbonyl (C=O) groups excluding carboxylic acids is 2. The number of likely N-dealkylation sites (tertiary alicyclic amines) is 1. The quantitative estimate of drug-likeness (QED) is 0.794. The minimum Gasteiger partial charge on any atom is -0.356 e. The van der Waals surface area contributed by atoms with E-state index in [9.17, 15) is 9.59 Å². The fourth-order valence-electron chi connectivity index (χ4n) is 2.50. The van der Waals surface area contributed by atoms with Crippen molar-refractivity contribution < 1.29 is 9.59 Å². The lowest BCUT2D eigenvalue weighted by molar-refractivity contribution is -0.134. The lowest BCUT2D eigenvalue weighted by Gasteiger charge is -2.42. The number of piperidine rings is 1. The molecule has 1 heterocycles. The van der Waals surface area contributed by atoms with Gasteiger partial charge < -0.3 is 16.0 Å². The Bertz CT molecular complexity index is 353. The Hall–Kier alpha value is -1.10. The second-order valence-electron chi connectivity index (χ2n) is 6.90. The first-order valence-electron chi connectivity index (χ1n) is 7.52. The number of rotatable bonds is 5. The minimum atomic E-state index is -0.0329. The normalized spacial score (nSPS) is 21.9. The zero-order chi connectivity index (χ0) is 15.3. The molecule has 1 atom stereocenters. The molecule has 0 aliphatic carbocycles. The van der Waals surface area contributed by atoms with Crippen molar-refractivity contribution in [3.63, 3.8) is 0 Å². The summed E-state index contributed by atoms with van der Waals surface area (Å²) in [6, 6.07) is 0.150. The lowest BCUT2D eigenvalue weighted by Crippen LogP contribution is -2.54. The first-order valence-corrected chi connectivity index (χ1v) is 7.52. The van der Waals surface area contributed by atoms with E-state index in [4.69, 9.17) is 5.73 Å². The molecule has 0 saturated carbocycles. The topological polar surface area (TPSA) is 75.4 Å². The predicted molar refractivity (Wildman–Crippen MR) is 80.0 cm³/mol. The summed E-state index contributed by atoms with van der Waals surface area (Å²) in [6.45, 7) is 10.1. The summed E-state index contributed by atoms with van der Waals surface area (Å²) in [6.07, 6.45) is 1.73. The highest BCUT2D eigenvalue weighted by Gasteiger charge is 2.34. The van der Waals surface area contributed by atoms with Crippen molar-refractivity contribution in [1.82, 2.24) is 10.2 Å². The molecule has 1 fully saturated rings. The molecule has 2 amide bonds. The zero-order valence-electron chi connectivity index (χ0n) is 13.2. The van der Waals surface area contributed by atoms with Gasteiger partial charge in [0.25, 0.3) is 0 Å². The molecular formula is C15H29N3O2. The summed E-state index contributed by atoms with van der Waals surface area (Å²) in [7, 11) is 0. The molecule has 3 N–H and O–H groups in total. The van der Waals surface area contributed by atoms with E-state index in [2.05, 4.69) is 19.2 Å². The average Bonchev–Trinajstić information content (AvgIpc) is 2.31. The van der Waals surface area contributed by atoms with Crippen LogP contribution in [-0.2, 0) is 9.59 Å². The zero-order valence-corrected chi connectivity index (χ0v) is 13.2. The van der Waals surface area contributed by atoms with Gasteiger partial charge in [-0.05, 0) is 17.8 Å². The third kappa shape index (κ3) is 5.12. The van der Waals surface area contributed by atoms with Gasteiger partial charge in [0.05, 0.1) is 0 Å². The molecule has 1 saturated heterocycles. The Balaban J connectivity index is 2.31. The van der Waals surface area contributed by atoms with Crippen LogP contribution in [0.5, 0.6) is 0 Å². The number of nitrogens with zero attached hydrogens (tertiary/aromatic N) is 1. The average molecular weight is 283 g/mol. The Labute approximate surface area is 122 Å². The van der Waals surface area contributed by atoms with E-state index in [0.29, 0.717) is 31.8 Å². The highest BCUT2D eigenvalue weighted by Crippen LogP contribution is 2.27. The number of hydrogen-bond acceptors (Lipinski definition) is 3. The number of nitrogens with one attached hydrogen (secondary N) is 1. The van der Waals surface area contributed by atoms with Crippen LogP contribution in [0.2, 0.25) is 0 Å². The molecule has 1 unspecified atom stereocenters. The number of carbonyl (C=O) groups is 2. The van der Waals surface area contributed by atoms with Crippen LogP contribution in [0.25, 0.3) is 0 Å². The van der Waals surface area contributed by atoms with Gasteiger partial charge in [-0.3, -0.25) is 9.59 Å². The summed E-state index contributed by atoms with van der Waals surface area (Å²) in [5.74, 6) is 0.471. The lowest BCUT2D eigenvalue weighted by atomic mass is 9.79. The van der Waals surface area contributed by atoms with Crippen LogP contribution in [0.3, 0.4) is 0 Å². The molecule has 5 nitrogen and oxygen atoms in total. The molecule has 1 aliphatic heterocycles. The van der Waals surface area contributed by atoms with Crippen molar-refractivity contribution >= 4 is 11.8 Å². The Morgan fingerprint density at radius 1 is 1.40 bits per heavy atom. The van der Waals surface area contributed by atoms with Crippen LogP contribution in [0.4, 0.5) is 0 Å². The van der Waals surface area contributed by atoms with Crippen molar-refractivity contribution in [2.24, 2.45) is 17.1 Å². The molecule has 0 aromatic carbocycles. The van der Waals surface area contributed by atoms with Crippen LogP contribution in [0.15, 0.2) is 0 Å². The summed E-state index contributed by atoms with van der Waals surface area (Å²) in [5, 5.41) is 2.80. The molecule has 116 valence electrons. The SMILES string of the molecule is CC(C)CC(=O)NCCC(=O)N1CCC(N)C(C)(C)C1. The smallest absolute Gasteiger partial charge is 0.224 e. The Kier molecular flexibility index (Phi) is 5.99. The Morgan fingerprint density at radius 2 is 2.05 bits per heavy atom. The van der Waals surface area contributed by atoms with E-state index in [1.54, 1.807) is 0 Å². The Morgan fingerprint density at radius 3 is 2.60 bits per heavy atom. The van der Waals surface area contributed by atoms with E-state index >= 15 is 0 Å². The van der Waals surface area contributed by atoms with Crippen molar-refractivity contribution in [2.45, 2.75) is 53.0 Å². The molecule has 0 aromatic rings. The van der Waals surface area contributed by atoms with Gasteiger partial charge in [0.2, 0.25) is 11.8 Å². The molecule has 0 bridgehead atoms. The van der Waals surface area contributed by atoms with Gasteiger partial charge in [0, 0.05) is 38.5 Å². The third-order valence-electron chi connectivity index (χ3n) is 3.92. The molecule has 5 heteroatoms. The van der Waals surface area contributed by atoms with Gasteiger partial charge >= 0.3 is 0 Å². The predicted octanol–water partition coefficient (Wildman–Crippen LogP) is 1.12. The van der Waals surface area contributed by atoms with Crippen molar-refractivity contribution in [1.29, 1.82) is 0 Å².